The molecule has 2 rings (SSSR count). The van der Waals surface area contributed by atoms with Crippen molar-refractivity contribution in [2.75, 3.05) is 11.9 Å². The van der Waals surface area contributed by atoms with Gasteiger partial charge in [-0.3, -0.25) is 0 Å². The van der Waals surface area contributed by atoms with E-state index in [9.17, 15) is 0 Å². The van der Waals surface area contributed by atoms with Crippen LogP contribution in [0.1, 0.15) is 38.1 Å². The molecule has 0 fully saturated rings. The fourth-order valence-electron chi connectivity index (χ4n) is 2.00. The molecule has 1 heterocycles. The summed E-state index contributed by atoms with van der Waals surface area (Å²) >= 11 is 1.80. The van der Waals surface area contributed by atoms with E-state index in [1.54, 1.807) is 11.3 Å². The number of rotatable bonds is 7. The first-order chi connectivity index (χ1) is 9.69. The van der Waals surface area contributed by atoms with E-state index >= 15 is 0 Å². The van der Waals surface area contributed by atoms with Gasteiger partial charge in [0.25, 0.3) is 0 Å². The first-order valence-corrected chi connectivity index (χ1v) is 8.09. The van der Waals surface area contributed by atoms with Gasteiger partial charge in [-0.25, -0.2) is 0 Å². The van der Waals surface area contributed by atoms with Crippen LogP contribution in [0.2, 0.25) is 0 Å². The molecular weight excluding hydrogens is 266 g/mol. The molecule has 1 N–H and O–H groups in total. The molecule has 0 spiro atoms. The highest BCUT2D eigenvalue weighted by Gasteiger charge is 2.10. The Hall–Kier alpha value is -1.48. The molecule has 2 nitrogen and oxygen atoms in total. The maximum Gasteiger partial charge on any atom is 0.121 e. The Labute approximate surface area is 125 Å². The topological polar surface area (TPSA) is 21.3 Å². The summed E-state index contributed by atoms with van der Waals surface area (Å²) < 4.78 is 5.78. The normalized spacial score (nSPS) is 12.4. The molecule has 0 aliphatic rings. The van der Waals surface area contributed by atoms with Gasteiger partial charge in [0.15, 0.2) is 0 Å². The van der Waals surface area contributed by atoms with Crippen LogP contribution in [0.25, 0.3) is 0 Å². The summed E-state index contributed by atoms with van der Waals surface area (Å²) in [5.41, 5.74) is 1.12. The monoisotopic (exact) mass is 289 g/mol. The number of hydrogen-bond donors (Lipinski definition) is 1. The van der Waals surface area contributed by atoms with Gasteiger partial charge in [-0.2, -0.15) is 0 Å². The van der Waals surface area contributed by atoms with Gasteiger partial charge in [0.2, 0.25) is 0 Å². The molecule has 1 aromatic heterocycles. The predicted octanol–water partition coefficient (Wildman–Crippen LogP) is 5.35. The summed E-state index contributed by atoms with van der Waals surface area (Å²) in [6.45, 7) is 7.28. The number of ether oxygens (including phenoxy) is 1. The predicted molar refractivity (Wildman–Crippen MR) is 87.7 cm³/mol. The smallest absolute Gasteiger partial charge is 0.121 e. The molecule has 2 aromatic rings. The van der Waals surface area contributed by atoms with Crippen LogP contribution in [0.4, 0.5) is 5.69 Å². The number of thiophene rings is 1. The third-order valence-electron chi connectivity index (χ3n) is 3.05. The van der Waals surface area contributed by atoms with Crippen molar-refractivity contribution in [2.24, 2.45) is 5.92 Å². The number of benzene rings is 1. The molecule has 0 saturated carbocycles. The van der Waals surface area contributed by atoms with E-state index < -0.39 is 0 Å². The quantitative estimate of drug-likeness (QED) is 0.742. The molecule has 108 valence electrons. The van der Waals surface area contributed by atoms with Crippen LogP contribution in [-0.4, -0.2) is 6.61 Å². The molecule has 3 heteroatoms. The van der Waals surface area contributed by atoms with Gasteiger partial charge in [0, 0.05) is 16.6 Å². The maximum absolute atomic E-state index is 5.78. The minimum absolute atomic E-state index is 0.371. The van der Waals surface area contributed by atoms with E-state index in [4.69, 9.17) is 4.74 Å². The minimum Gasteiger partial charge on any atom is -0.493 e. The van der Waals surface area contributed by atoms with Crippen LogP contribution < -0.4 is 10.1 Å². The summed E-state index contributed by atoms with van der Waals surface area (Å²) in [6, 6.07) is 12.9. The Morgan fingerprint density at radius 1 is 1.20 bits per heavy atom. The average molecular weight is 289 g/mol. The Morgan fingerprint density at radius 2 is 2.05 bits per heavy atom. The van der Waals surface area contributed by atoms with Gasteiger partial charge >= 0.3 is 0 Å². The van der Waals surface area contributed by atoms with Gasteiger partial charge < -0.3 is 10.1 Å². The second-order valence-electron chi connectivity index (χ2n) is 5.35. The molecule has 0 radical (unpaired) electrons. The van der Waals surface area contributed by atoms with Gasteiger partial charge in [-0.05, 0) is 35.9 Å². The zero-order chi connectivity index (χ0) is 14.4. The Balaban J connectivity index is 2.03. The van der Waals surface area contributed by atoms with Crippen molar-refractivity contribution in [3.8, 4) is 5.75 Å². The van der Waals surface area contributed by atoms with Crippen molar-refractivity contribution in [1.29, 1.82) is 0 Å². The van der Waals surface area contributed by atoms with Crippen LogP contribution in [0.3, 0.4) is 0 Å². The first-order valence-electron chi connectivity index (χ1n) is 7.21. The lowest BCUT2D eigenvalue weighted by molar-refractivity contribution is 0.271. The SMILES string of the molecule is CCC(Nc1cccc(OCC(C)C)c1)c1cccs1. The highest BCUT2D eigenvalue weighted by atomic mass is 32.1. The standard InChI is InChI=1S/C17H23NOS/c1-4-16(17-9-6-10-20-17)18-14-7-5-8-15(11-14)19-12-13(2)3/h5-11,13,16,18H,4,12H2,1-3H3. The molecule has 1 aromatic carbocycles. The largest absolute Gasteiger partial charge is 0.493 e. The molecule has 1 atom stereocenters. The zero-order valence-corrected chi connectivity index (χ0v) is 13.2. The van der Waals surface area contributed by atoms with Crippen LogP contribution in [-0.2, 0) is 0 Å². The highest BCUT2D eigenvalue weighted by Crippen LogP contribution is 2.27. The maximum atomic E-state index is 5.78. The van der Waals surface area contributed by atoms with E-state index in [0.717, 1.165) is 24.5 Å². The van der Waals surface area contributed by atoms with E-state index in [0.29, 0.717) is 12.0 Å². The summed E-state index contributed by atoms with van der Waals surface area (Å²) in [5, 5.41) is 5.72. The lowest BCUT2D eigenvalue weighted by Gasteiger charge is -2.18. The second-order valence-corrected chi connectivity index (χ2v) is 6.33. The number of nitrogens with one attached hydrogen (secondary N) is 1. The summed E-state index contributed by atoms with van der Waals surface area (Å²) in [7, 11) is 0. The van der Waals surface area contributed by atoms with Crippen LogP contribution in [0.5, 0.6) is 5.75 Å². The van der Waals surface area contributed by atoms with E-state index in [1.807, 2.05) is 12.1 Å². The molecule has 0 bridgehead atoms. The zero-order valence-electron chi connectivity index (χ0n) is 12.4. The fourth-order valence-corrected chi connectivity index (χ4v) is 2.86. The van der Waals surface area contributed by atoms with Crippen LogP contribution in [0, 0.1) is 5.92 Å². The van der Waals surface area contributed by atoms with E-state index in [2.05, 4.69) is 55.7 Å². The van der Waals surface area contributed by atoms with Crippen LogP contribution in [0.15, 0.2) is 41.8 Å². The van der Waals surface area contributed by atoms with Crippen molar-refractivity contribution in [2.45, 2.75) is 33.2 Å². The number of hydrogen-bond acceptors (Lipinski definition) is 3. The average Bonchev–Trinajstić information content (AvgIpc) is 2.97. The summed E-state index contributed by atoms with van der Waals surface area (Å²) in [6.07, 6.45) is 1.07. The van der Waals surface area contributed by atoms with Crippen molar-refractivity contribution in [3.05, 3.63) is 46.7 Å². The Kier molecular flexibility index (Phi) is 5.48. The Morgan fingerprint density at radius 3 is 2.70 bits per heavy atom. The van der Waals surface area contributed by atoms with Gasteiger partial charge in [0.1, 0.15) is 5.75 Å². The van der Waals surface area contributed by atoms with Gasteiger partial charge in [-0.1, -0.05) is 32.9 Å². The van der Waals surface area contributed by atoms with E-state index in [-0.39, 0.29) is 0 Å². The van der Waals surface area contributed by atoms with Crippen molar-refractivity contribution in [1.82, 2.24) is 0 Å². The molecule has 0 aliphatic carbocycles. The third-order valence-corrected chi connectivity index (χ3v) is 4.04. The fraction of sp³-hybridized carbons (Fsp3) is 0.412. The molecular formula is C17H23NOS. The lowest BCUT2D eigenvalue weighted by atomic mass is 10.1. The molecule has 0 aliphatic heterocycles. The van der Waals surface area contributed by atoms with Crippen molar-refractivity contribution < 1.29 is 4.74 Å². The van der Waals surface area contributed by atoms with Gasteiger partial charge in [0.05, 0.1) is 12.6 Å². The number of anilines is 1. The third kappa shape index (κ3) is 4.27. The Bertz CT molecular complexity index is 507. The summed E-state index contributed by atoms with van der Waals surface area (Å²) in [4.78, 5) is 1.38. The molecule has 0 saturated heterocycles. The van der Waals surface area contributed by atoms with Crippen molar-refractivity contribution in [3.63, 3.8) is 0 Å². The first kappa shape index (κ1) is 14.9. The van der Waals surface area contributed by atoms with E-state index in [1.165, 1.54) is 4.88 Å². The highest BCUT2D eigenvalue weighted by molar-refractivity contribution is 7.10. The summed E-state index contributed by atoms with van der Waals surface area (Å²) in [5.74, 6) is 1.48. The van der Waals surface area contributed by atoms with Crippen molar-refractivity contribution >= 4 is 17.0 Å². The molecule has 20 heavy (non-hydrogen) atoms. The molecule has 1 unspecified atom stereocenters. The second kappa shape index (κ2) is 7.34. The van der Waals surface area contributed by atoms with Gasteiger partial charge in [-0.15, -0.1) is 11.3 Å². The minimum atomic E-state index is 0.371. The molecule has 0 amide bonds. The van der Waals surface area contributed by atoms with Crippen LogP contribution >= 0.6 is 11.3 Å². The lowest BCUT2D eigenvalue weighted by Crippen LogP contribution is -2.08.